The number of thiophene rings is 1. The molecule has 1 aliphatic heterocycles. The van der Waals surface area contributed by atoms with Crippen LogP contribution in [-0.4, -0.2) is 28.8 Å². The molecule has 3 unspecified atom stereocenters. The number of ketones is 1. The van der Waals surface area contributed by atoms with E-state index in [-0.39, 0.29) is 4.88 Å². The molecule has 1 aromatic heterocycles. The lowest BCUT2D eigenvalue weighted by Gasteiger charge is -2.45. The predicted octanol–water partition coefficient (Wildman–Crippen LogP) is 3.87. The minimum absolute atomic E-state index is 0.160. The highest BCUT2D eigenvalue weighted by atomic mass is 32.1. The van der Waals surface area contributed by atoms with Crippen molar-refractivity contribution in [3.05, 3.63) is 57.8 Å². The number of hydrogen-bond acceptors (Lipinski definition) is 4. The molecule has 12 heteroatoms. The molecule has 3 atom stereocenters. The van der Waals surface area contributed by atoms with Crippen LogP contribution >= 0.6 is 11.3 Å². The topological polar surface area (TPSA) is 78.4 Å². The molecule has 1 aliphatic rings. The van der Waals surface area contributed by atoms with Crippen LogP contribution in [-0.2, 0) is 6.18 Å². The lowest BCUT2D eigenvalue weighted by Crippen LogP contribution is -2.72. The maximum absolute atomic E-state index is 13.7. The molecule has 2 heterocycles. The Balaban J connectivity index is 2.17. The summed E-state index contributed by atoms with van der Waals surface area (Å²) in [7, 11) is 0. The van der Waals surface area contributed by atoms with Gasteiger partial charge in [-0.1, -0.05) is 18.2 Å². The number of halogens is 6. The van der Waals surface area contributed by atoms with Crippen molar-refractivity contribution < 1.29 is 41.0 Å². The van der Waals surface area contributed by atoms with Crippen LogP contribution in [0.15, 0.2) is 41.8 Å². The monoisotopic (exact) mass is 438 g/mol. The Labute approximate surface area is 163 Å². The number of carbonyl (C=O) groups excluding carboxylic acids is 2. The van der Waals surface area contributed by atoms with Gasteiger partial charge in [-0.3, -0.25) is 4.79 Å². The van der Waals surface area contributed by atoms with Gasteiger partial charge in [0.1, 0.15) is 5.92 Å². The molecule has 5 nitrogen and oxygen atoms in total. The Hall–Kier alpha value is -2.60. The minimum atomic E-state index is -5.48. The zero-order valence-corrected chi connectivity index (χ0v) is 15.0. The summed E-state index contributed by atoms with van der Waals surface area (Å²) in [4.78, 5) is 24.5. The highest BCUT2D eigenvalue weighted by molar-refractivity contribution is 7.12. The molecule has 0 radical (unpaired) electrons. The average molecular weight is 438 g/mol. The van der Waals surface area contributed by atoms with E-state index in [1.54, 1.807) is 0 Å². The van der Waals surface area contributed by atoms with Gasteiger partial charge in [-0.05, 0) is 29.1 Å². The molecular weight excluding hydrogens is 426 g/mol. The van der Waals surface area contributed by atoms with Crippen LogP contribution in [0.5, 0.6) is 0 Å². The van der Waals surface area contributed by atoms with E-state index in [9.17, 15) is 41.0 Å². The molecule has 2 amide bonds. The Kier molecular flexibility index (Phi) is 5.11. The third kappa shape index (κ3) is 3.81. The average Bonchev–Trinajstić information content (AvgIpc) is 3.14. The van der Waals surface area contributed by atoms with E-state index in [2.05, 4.69) is 0 Å². The number of amides is 2. The molecule has 0 spiro atoms. The first kappa shape index (κ1) is 21.1. The zero-order chi connectivity index (χ0) is 21.6. The third-order valence-electron chi connectivity index (χ3n) is 4.43. The molecule has 0 aliphatic carbocycles. The van der Waals surface area contributed by atoms with Gasteiger partial charge in [0.2, 0.25) is 5.72 Å². The van der Waals surface area contributed by atoms with Crippen LogP contribution in [0.3, 0.4) is 0 Å². The Morgan fingerprint density at radius 1 is 1.10 bits per heavy atom. The van der Waals surface area contributed by atoms with Crippen LogP contribution < -0.4 is 10.6 Å². The first-order chi connectivity index (χ1) is 13.3. The summed E-state index contributed by atoms with van der Waals surface area (Å²) >= 11 is 0.793. The number of benzene rings is 1. The first-order valence-electron chi connectivity index (χ1n) is 7.97. The normalized spacial score (nSPS) is 25.3. The minimum Gasteiger partial charge on any atom is -0.363 e. The van der Waals surface area contributed by atoms with Crippen molar-refractivity contribution in [1.29, 1.82) is 0 Å². The van der Waals surface area contributed by atoms with E-state index >= 15 is 0 Å². The van der Waals surface area contributed by atoms with Gasteiger partial charge in [-0.2, -0.15) is 26.3 Å². The molecule has 2 aromatic rings. The second-order valence-corrected chi connectivity index (χ2v) is 7.23. The SMILES string of the molecule is O=C1NC(c2cccc(C(F)(F)F)c2)C(C(=O)c2cccs2)C(O)(C(F)(F)F)N1. The number of rotatable bonds is 3. The standard InChI is InChI=1S/C17H12F6N2O3S/c18-16(19,20)9-4-1-3-8(7-9)12-11(13(26)10-5-2-6-29-10)15(28,17(21,22)23)25-14(27)24-12/h1-7,11-12,28H,(H2,24,25,27). The van der Waals surface area contributed by atoms with Crippen molar-refractivity contribution >= 4 is 23.2 Å². The summed E-state index contributed by atoms with van der Waals surface area (Å²) in [6.45, 7) is 0. The third-order valence-corrected chi connectivity index (χ3v) is 5.31. The summed E-state index contributed by atoms with van der Waals surface area (Å²) in [6.07, 6.45) is -10.3. The number of Topliss-reactive ketones (excluding diaryl/α,β-unsaturated/α-hetero) is 1. The Morgan fingerprint density at radius 3 is 2.34 bits per heavy atom. The maximum atomic E-state index is 13.7. The number of urea groups is 1. The molecule has 1 saturated heterocycles. The largest absolute Gasteiger partial charge is 0.437 e. The van der Waals surface area contributed by atoms with E-state index in [0.29, 0.717) is 12.1 Å². The fourth-order valence-corrected chi connectivity index (χ4v) is 3.80. The Morgan fingerprint density at radius 2 is 1.79 bits per heavy atom. The summed E-state index contributed by atoms with van der Waals surface area (Å²) in [5.41, 5.74) is -5.58. The summed E-state index contributed by atoms with van der Waals surface area (Å²) in [6, 6.07) is 2.44. The molecular formula is C17H12F6N2O3S. The highest BCUT2D eigenvalue weighted by Crippen LogP contribution is 2.45. The van der Waals surface area contributed by atoms with Crippen LogP contribution in [0.25, 0.3) is 0 Å². The van der Waals surface area contributed by atoms with Crippen molar-refractivity contribution in [3.8, 4) is 0 Å². The van der Waals surface area contributed by atoms with Gasteiger partial charge < -0.3 is 15.7 Å². The number of carbonyl (C=O) groups is 2. The van der Waals surface area contributed by atoms with Crippen molar-refractivity contribution in [3.63, 3.8) is 0 Å². The van der Waals surface area contributed by atoms with Crippen molar-refractivity contribution in [2.45, 2.75) is 24.1 Å². The van der Waals surface area contributed by atoms with Crippen LogP contribution in [0.1, 0.15) is 26.8 Å². The van der Waals surface area contributed by atoms with Gasteiger partial charge in [-0.15, -0.1) is 11.3 Å². The van der Waals surface area contributed by atoms with Crippen molar-refractivity contribution in [2.75, 3.05) is 0 Å². The molecule has 1 aromatic carbocycles. The van der Waals surface area contributed by atoms with Gasteiger partial charge in [-0.25, -0.2) is 4.79 Å². The molecule has 3 N–H and O–H groups in total. The summed E-state index contributed by atoms with van der Waals surface area (Å²) in [5, 5.41) is 15.1. The number of aliphatic hydroxyl groups is 1. The van der Waals surface area contributed by atoms with E-state index in [1.165, 1.54) is 22.8 Å². The molecule has 29 heavy (non-hydrogen) atoms. The number of nitrogens with one attached hydrogen (secondary N) is 2. The molecule has 1 fully saturated rings. The number of hydrogen-bond donors (Lipinski definition) is 3. The van der Waals surface area contributed by atoms with E-state index in [4.69, 9.17) is 0 Å². The summed E-state index contributed by atoms with van der Waals surface area (Å²) in [5.74, 6) is -3.56. The van der Waals surface area contributed by atoms with Gasteiger partial charge in [0, 0.05) is 0 Å². The fourth-order valence-electron chi connectivity index (χ4n) is 3.10. The summed E-state index contributed by atoms with van der Waals surface area (Å²) < 4.78 is 80.2. The fraction of sp³-hybridized carbons (Fsp3) is 0.294. The van der Waals surface area contributed by atoms with Crippen molar-refractivity contribution in [1.82, 2.24) is 10.6 Å². The first-order valence-corrected chi connectivity index (χ1v) is 8.85. The maximum Gasteiger partial charge on any atom is 0.437 e. The second-order valence-electron chi connectivity index (χ2n) is 6.28. The van der Waals surface area contributed by atoms with E-state index in [1.807, 2.05) is 5.32 Å². The molecule has 156 valence electrons. The van der Waals surface area contributed by atoms with Gasteiger partial charge in [0.15, 0.2) is 5.78 Å². The molecule has 0 saturated carbocycles. The van der Waals surface area contributed by atoms with E-state index in [0.717, 1.165) is 23.5 Å². The lowest BCUT2D eigenvalue weighted by molar-refractivity contribution is -0.287. The van der Waals surface area contributed by atoms with Gasteiger partial charge >= 0.3 is 18.4 Å². The predicted molar refractivity (Wildman–Crippen MR) is 89.0 cm³/mol. The molecule has 0 bridgehead atoms. The van der Waals surface area contributed by atoms with Crippen LogP contribution in [0.4, 0.5) is 31.1 Å². The smallest absolute Gasteiger partial charge is 0.363 e. The highest BCUT2D eigenvalue weighted by Gasteiger charge is 2.66. The lowest BCUT2D eigenvalue weighted by atomic mass is 9.78. The van der Waals surface area contributed by atoms with Crippen molar-refractivity contribution in [2.24, 2.45) is 5.92 Å². The van der Waals surface area contributed by atoms with Crippen LogP contribution in [0, 0.1) is 5.92 Å². The Bertz CT molecular complexity index is 928. The number of alkyl halides is 6. The van der Waals surface area contributed by atoms with Crippen LogP contribution in [0.2, 0.25) is 0 Å². The van der Waals surface area contributed by atoms with Gasteiger partial charge in [0.25, 0.3) is 0 Å². The molecule has 3 rings (SSSR count). The van der Waals surface area contributed by atoms with Gasteiger partial charge in [0.05, 0.1) is 16.5 Å². The second kappa shape index (κ2) is 7.02. The quantitative estimate of drug-likeness (QED) is 0.503. The van der Waals surface area contributed by atoms with E-state index < -0.39 is 53.0 Å². The zero-order valence-electron chi connectivity index (χ0n) is 14.1.